The fourth-order valence-electron chi connectivity index (χ4n) is 4.71. The minimum atomic E-state index is -0.648. The summed E-state index contributed by atoms with van der Waals surface area (Å²) in [6.07, 6.45) is 2.43. The van der Waals surface area contributed by atoms with Crippen LogP contribution in [0.5, 0.6) is 0 Å². The topological polar surface area (TPSA) is 92.8 Å². The molecule has 0 bridgehead atoms. The van der Waals surface area contributed by atoms with E-state index in [9.17, 15) is 19.2 Å². The van der Waals surface area contributed by atoms with Crippen LogP contribution in [0.4, 0.5) is 5.69 Å². The average molecular weight is 449 g/mol. The van der Waals surface area contributed by atoms with Gasteiger partial charge >= 0.3 is 5.97 Å². The van der Waals surface area contributed by atoms with Crippen molar-refractivity contribution in [1.82, 2.24) is 5.32 Å². The Balaban J connectivity index is 1.33. The molecule has 1 saturated carbocycles. The Bertz CT molecular complexity index is 1050. The second kappa shape index (κ2) is 9.57. The van der Waals surface area contributed by atoms with E-state index in [1.54, 1.807) is 12.1 Å². The summed E-state index contributed by atoms with van der Waals surface area (Å²) in [7, 11) is 0. The Kier molecular flexibility index (Phi) is 6.58. The van der Waals surface area contributed by atoms with Crippen LogP contribution in [0.3, 0.4) is 0 Å². The molecule has 0 radical (unpaired) electrons. The highest BCUT2D eigenvalue weighted by atomic mass is 16.5. The second-order valence-electron chi connectivity index (χ2n) is 8.97. The first-order valence-electron chi connectivity index (χ1n) is 11.3. The molecule has 2 aliphatic rings. The minimum Gasteiger partial charge on any atom is -0.452 e. The van der Waals surface area contributed by atoms with Crippen molar-refractivity contribution in [2.75, 3.05) is 11.5 Å². The van der Waals surface area contributed by atoms with E-state index in [-0.39, 0.29) is 35.3 Å². The average Bonchev–Trinajstić information content (AvgIpc) is 3.07. The van der Waals surface area contributed by atoms with Crippen LogP contribution < -0.4 is 10.2 Å². The molecule has 7 nitrogen and oxygen atoms in total. The zero-order chi connectivity index (χ0) is 23.5. The predicted molar refractivity (Wildman–Crippen MR) is 122 cm³/mol. The van der Waals surface area contributed by atoms with Crippen LogP contribution in [0, 0.1) is 17.8 Å². The molecule has 4 atom stereocenters. The third-order valence-corrected chi connectivity index (χ3v) is 6.56. The largest absolute Gasteiger partial charge is 0.452 e. The van der Waals surface area contributed by atoms with Crippen molar-refractivity contribution in [1.29, 1.82) is 0 Å². The van der Waals surface area contributed by atoms with Crippen molar-refractivity contribution in [2.24, 2.45) is 17.8 Å². The number of hydrogen-bond acceptors (Lipinski definition) is 5. The van der Waals surface area contributed by atoms with E-state index >= 15 is 0 Å². The molecular weight excluding hydrogens is 420 g/mol. The Morgan fingerprint density at radius 1 is 1.00 bits per heavy atom. The smallest absolute Gasteiger partial charge is 0.338 e. The van der Waals surface area contributed by atoms with Gasteiger partial charge in [0.15, 0.2) is 6.61 Å². The zero-order valence-corrected chi connectivity index (χ0v) is 18.8. The second-order valence-corrected chi connectivity index (χ2v) is 8.97. The van der Waals surface area contributed by atoms with E-state index in [4.69, 9.17) is 4.74 Å². The van der Waals surface area contributed by atoms with Crippen molar-refractivity contribution in [3.63, 3.8) is 0 Å². The molecule has 2 fully saturated rings. The van der Waals surface area contributed by atoms with Gasteiger partial charge in [-0.25, -0.2) is 4.79 Å². The van der Waals surface area contributed by atoms with E-state index in [0.29, 0.717) is 11.6 Å². The number of anilines is 1. The third kappa shape index (κ3) is 4.82. The number of nitrogens with one attached hydrogen (secondary N) is 1. The highest BCUT2D eigenvalue weighted by molar-refractivity contribution is 6.22. The summed E-state index contributed by atoms with van der Waals surface area (Å²) >= 11 is 0. The lowest BCUT2D eigenvalue weighted by Gasteiger charge is -2.25. The summed E-state index contributed by atoms with van der Waals surface area (Å²) in [4.78, 5) is 51.4. The molecular formula is C26H28N2O5. The molecule has 1 saturated heterocycles. The number of ether oxygens (including phenoxy) is 1. The number of carbonyl (C=O) groups excluding carboxylic acids is 4. The first kappa shape index (κ1) is 22.7. The molecule has 1 heterocycles. The molecule has 2 aromatic rings. The molecule has 0 unspecified atom stereocenters. The fourth-order valence-corrected chi connectivity index (χ4v) is 4.71. The van der Waals surface area contributed by atoms with Gasteiger partial charge in [-0.3, -0.25) is 19.3 Å². The van der Waals surface area contributed by atoms with Crippen LogP contribution in [0.2, 0.25) is 0 Å². The van der Waals surface area contributed by atoms with Gasteiger partial charge in [0.25, 0.3) is 5.91 Å². The summed E-state index contributed by atoms with van der Waals surface area (Å²) in [6, 6.07) is 15.4. The molecule has 0 aromatic heterocycles. The lowest BCUT2D eigenvalue weighted by Crippen LogP contribution is -2.31. The maximum Gasteiger partial charge on any atom is 0.338 e. The summed E-state index contributed by atoms with van der Waals surface area (Å²) in [5.41, 5.74) is 1.65. The van der Waals surface area contributed by atoms with Gasteiger partial charge in [0.2, 0.25) is 11.8 Å². The molecule has 4 rings (SSSR count). The van der Waals surface area contributed by atoms with Crippen LogP contribution in [0.1, 0.15) is 55.1 Å². The molecule has 2 aromatic carbocycles. The molecule has 1 N–H and O–H groups in total. The number of amides is 3. The Labute approximate surface area is 193 Å². The maximum absolute atomic E-state index is 12.9. The van der Waals surface area contributed by atoms with Gasteiger partial charge in [-0.1, -0.05) is 37.3 Å². The van der Waals surface area contributed by atoms with Gasteiger partial charge in [-0.05, 0) is 61.9 Å². The quantitative estimate of drug-likeness (QED) is 0.538. The fraction of sp³-hybridized carbons (Fsp3) is 0.385. The van der Waals surface area contributed by atoms with Crippen LogP contribution in [-0.4, -0.2) is 30.3 Å². The van der Waals surface area contributed by atoms with Crippen LogP contribution in [0.25, 0.3) is 0 Å². The Morgan fingerprint density at radius 3 is 2.36 bits per heavy atom. The summed E-state index contributed by atoms with van der Waals surface area (Å²) < 4.78 is 5.12. The summed E-state index contributed by atoms with van der Waals surface area (Å²) in [5, 5.41) is 2.79. The first-order chi connectivity index (χ1) is 15.8. The van der Waals surface area contributed by atoms with Crippen LogP contribution in [0.15, 0.2) is 54.6 Å². The molecule has 172 valence electrons. The predicted octanol–water partition coefficient (Wildman–Crippen LogP) is 3.65. The molecule has 7 heteroatoms. The van der Waals surface area contributed by atoms with E-state index in [0.717, 1.165) is 24.8 Å². The van der Waals surface area contributed by atoms with E-state index in [1.807, 2.05) is 37.3 Å². The molecule has 3 amide bonds. The van der Waals surface area contributed by atoms with Crippen molar-refractivity contribution in [3.05, 3.63) is 65.7 Å². The maximum atomic E-state index is 12.9. The van der Waals surface area contributed by atoms with Gasteiger partial charge in [0, 0.05) is 0 Å². The third-order valence-electron chi connectivity index (χ3n) is 6.56. The first-order valence-corrected chi connectivity index (χ1v) is 11.3. The number of hydrogen-bond donors (Lipinski definition) is 1. The molecule has 1 aliphatic carbocycles. The number of fused-ring (bicyclic) bond motifs is 1. The van der Waals surface area contributed by atoms with Crippen molar-refractivity contribution >= 4 is 29.4 Å². The van der Waals surface area contributed by atoms with Gasteiger partial charge in [0.1, 0.15) is 0 Å². The number of esters is 1. The molecule has 0 spiro atoms. The van der Waals surface area contributed by atoms with Gasteiger partial charge in [-0.2, -0.15) is 0 Å². The van der Waals surface area contributed by atoms with Crippen LogP contribution in [-0.2, 0) is 19.1 Å². The van der Waals surface area contributed by atoms with Crippen molar-refractivity contribution in [3.8, 4) is 0 Å². The van der Waals surface area contributed by atoms with Gasteiger partial charge in [0.05, 0.1) is 29.1 Å². The van der Waals surface area contributed by atoms with Gasteiger partial charge < -0.3 is 10.1 Å². The monoisotopic (exact) mass is 448 g/mol. The van der Waals surface area contributed by atoms with E-state index in [1.165, 1.54) is 17.0 Å². The van der Waals surface area contributed by atoms with E-state index in [2.05, 4.69) is 12.2 Å². The SMILES string of the molecule is C[C@@H]1CC[C@@H]2C(=O)N(c3ccc(C(=O)OCC(=O)N[C@@H](C)c4ccccc4)cc3)C(=O)[C@@H]2C1. The Morgan fingerprint density at radius 2 is 1.67 bits per heavy atom. The normalized spacial score (nSPS) is 23.1. The number of benzene rings is 2. The summed E-state index contributed by atoms with van der Waals surface area (Å²) in [5.74, 6) is -1.41. The zero-order valence-electron chi connectivity index (χ0n) is 18.8. The lowest BCUT2D eigenvalue weighted by molar-refractivity contribution is -0.125. The number of nitrogens with zero attached hydrogens (tertiary/aromatic N) is 1. The lowest BCUT2D eigenvalue weighted by atomic mass is 9.76. The highest BCUT2D eigenvalue weighted by Gasteiger charge is 2.49. The van der Waals surface area contributed by atoms with Crippen LogP contribution >= 0.6 is 0 Å². The Hall–Kier alpha value is -3.48. The number of imide groups is 1. The minimum absolute atomic E-state index is 0.156. The standard InChI is InChI=1S/C26H28N2O5/c1-16-8-13-21-22(14-16)25(31)28(24(21)30)20-11-9-19(10-12-20)26(32)33-15-23(29)27-17(2)18-6-4-3-5-7-18/h3-7,9-12,16-17,21-22H,8,13-15H2,1-2H3,(H,27,29)/t16-,17+,21+,22-/m1/s1. The molecule has 1 aliphatic heterocycles. The van der Waals surface area contributed by atoms with Crippen molar-refractivity contribution in [2.45, 2.75) is 39.2 Å². The number of carbonyl (C=O) groups is 4. The van der Waals surface area contributed by atoms with Crippen molar-refractivity contribution < 1.29 is 23.9 Å². The van der Waals surface area contributed by atoms with E-state index < -0.39 is 18.5 Å². The molecule has 33 heavy (non-hydrogen) atoms. The highest BCUT2D eigenvalue weighted by Crippen LogP contribution is 2.42. The summed E-state index contributed by atoms with van der Waals surface area (Å²) in [6.45, 7) is 3.56. The number of rotatable bonds is 6. The van der Waals surface area contributed by atoms with Gasteiger partial charge in [-0.15, -0.1) is 0 Å².